The SMILES string of the molecule is Cc1ccc(-c2ccc(C3C=CC=CC3)s2)cc1. The van der Waals surface area contributed by atoms with E-state index in [1.165, 1.54) is 20.9 Å². The predicted octanol–water partition coefficient (Wildman–Crippen LogP) is 5.32. The van der Waals surface area contributed by atoms with Crippen LogP contribution in [0.1, 0.15) is 22.8 Å². The molecule has 1 heterocycles. The summed E-state index contributed by atoms with van der Waals surface area (Å²) in [6, 6.07) is 13.3. The second-order valence-corrected chi connectivity index (χ2v) is 5.84. The van der Waals surface area contributed by atoms with Gasteiger partial charge in [-0.05, 0) is 31.0 Å². The van der Waals surface area contributed by atoms with Gasteiger partial charge in [-0.2, -0.15) is 0 Å². The highest BCUT2D eigenvalue weighted by atomic mass is 32.1. The van der Waals surface area contributed by atoms with E-state index < -0.39 is 0 Å². The molecule has 2 aromatic rings. The molecule has 1 aliphatic carbocycles. The maximum Gasteiger partial charge on any atom is 0.0345 e. The predicted molar refractivity (Wildman–Crippen MR) is 80.1 cm³/mol. The molecule has 0 spiro atoms. The van der Waals surface area contributed by atoms with Crippen LogP contribution in [0.2, 0.25) is 0 Å². The van der Waals surface area contributed by atoms with Gasteiger partial charge in [0.25, 0.3) is 0 Å². The number of thiophene rings is 1. The van der Waals surface area contributed by atoms with Crippen molar-refractivity contribution in [1.82, 2.24) is 0 Å². The van der Waals surface area contributed by atoms with Crippen molar-refractivity contribution in [2.24, 2.45) is 0 Å². The van der Waals surface area contributed by atoms with Gasteiger partial charge in [0.1, 0.15) is 0 Å². The van der Waals surface area contributed by atoms with Crippen LogP contribution in [0.5, 0.6) is 0 Å². The Morgan fingerprint density at radius 2 is 1.83 bits per heavy atom. The molecular weight excluding hydrogens is 236 g/mol. The summed E-state index contributed by atoms with van der Waals surface area (Å²) < 4.78 is 0. The van der Waals surface area contributed by atoms with Gasteiger partial charge < -0.3 is 0 Å². The Kier molecular flexibility index (Phi) is 3.16. The van der Waals surface area contributed by atoms with E-state index in [0.29, 0.717) is 5.92 Å². The molecule has 1 aromatic carbocycles. The lowest BCUT2D eigenvalue weighted by Crippen LogP contribution is -1.91. The Labute approximate surface area is 112 Å². The van der Waals surface area contributed by atoms with Crippen LogP contribution in [0.4, 0.5) is 0 Å². The minimum absolute atomic E-state index is 0.569. The molecule has 1 unspecified atom stereocenters. The quantitative estimate of drug-likeness (QED) is 0.678. The van der Waals surface area contributed by atoms with Crippen molar-refractivity contribution in [2.45, 2.75) is 19.3 Å². The summed E-state index contributed by atoms with van der Waals surface area (Å²) in [6.45, 7) is 2.13. The van der Waals surface area contributed by atoms with Crippen molar-refractivity contribution >= 4 is 11.3 Å². The monoisotopic (exact) mass is 252 g/mol. The normalized spacial score (nSPS) is 18.2. The number of benzene rings is 1. The lowest BCUT2D eigenvalue weighted by molar-refractivity contribution is 0.873. The molecular formula is C17H16S. The Morgan fingerprint density at radius 3 is 2.56 bits per heavy atom. The van der Waals surface area contributed by atoms with Gasteiger partial charge in [0, 0.05) is 15.7 Å². The number of aryl methyl sites for hydroxylation is 1. The van der Waals surface area contributed by atoms with Gasteiger partial charge in [-0.15, -0.1) is 11.3 Å². The molecule has 0 bridgehead atoms. The van der Waals surface area contributed by atoms with Gasteiger partial charge >= 0.3 is 0 Å². The summed E-state index contributed by atoms with van der Waals surface area (Å²) in [7, 11) is 0. The van der Waals surface area contributed by atoms with Crippen LogP contribution in [-0.4, -0.2) is 0 Å². The first-order valence-electron chi connectivity index (χ1n) is 6.33. The lowest BCUT2D eigenvalue weighted by Gasteiger charge is -2.09. The van der Waals surface area contributed by atoms with E-state index in [0.717, 1.165) is 6.42 Å². The van der Waals surface area contributed by atoms with Crippen LogP contribution in [0.15, 0.2) is 60.7 Å². The average molecular weight is 252 g/mol. The second kappa shape index (κ2) is 4.95. The first-order chi connectivity index (χ1) is 8.83. The average Bonchev–Trinajstić information content (AvgIpc) is 2.90. The van der Waals surface area contributed by atoms with E-state index in [-0.39, 0.29) is 0 Å². The van der Waals surface area contributed by atoms with Crippen molar-refractivity contribution in [3.8, 4) is 10.4 Å². The molecule has 1 atom stereocenters. The molecule has 3 rings (SSSR count). The topological polar surface area (TPSA) is 0 Å². The standard InChI is InChI=1S/C17H16S/c1-13-7-9-15(10-8-13)17-12-11-16(18-17)14-5-3-2-4-6-14/h2-5,7-12,14H,6H2,1H3. The highest BCUT2D eigenvalue weighted by Crippen LogP contribution is 2.35. The highest BCUT2D eigenvalue weighted by molar-refractivity contribution is 7.15. The Bertz CT molecular complexity index is 584. The highest BCUT2D eigenvalue weighted by Gasteiger charge is 2.11. The fourth-order valence-corrected chi connectivity index (χ4v) is 3.32. The lowest BCUT2D eigenvalue weighted by atomic mass is 9.99. The largest absolute Gasteiger partial charge is 0.140 e. The van der Waals surface area contributed by atoms with Crippen molar-refractivity contribution in [2.75, 3.05) is 0 Å². The number of allylic oxidation sites excluding steroid dienone is 4. The fourth-order valence-electron chi connectivity index (χ4n) is 2.22. The zero-order valence-corrected chi connectivity index (χ0v) is 11.3. The Morgan fingerprint density at radius 1 is 1.00 bits per heavy atom. The molecule has 1 aliphatic rings. The second-order valence-electron chi connectivity index (χ2n) is 4.72. The zero-order chi connectivity index (χ0) is 12.4. The number of hydrogen-bond donors (Lipinski definition) is 0. The Balaban J connectivity index is 1.87. The van der Waals surface area contributed by atoms with Gasteiger partial charge in [0.2, 0.25) is 0 Å². The van der Waals surface area contributed by atoms with E-state index in [9.17, 15) is 0 Å². The zero-order valence-electron chi connectivity index (χ0n) is 10.5. The van der Waals surface area contributed by atoms with Crippen LogP contribution >= 0.6 is 11.3 Å². The third-order valence-electron chi connectivity index (χ3n) is 3.31. The summed E-state index contributed by atoms with van der Waals surface area (Å²) >= 11 is 1.91. The molecule has 0 saturated heterocycles. The van der Waals surface area contributed by atoms with E-state index >= 15 is 0 Å². The first-order valence-corrected chi connectivity index (χ1v) is 7.15. The smallest absolute Gasteiger partial charge is 0.0345 e. The van der Waals surface area contributed by atoms with Crippen molar-refractivity contribution < 1.29 is 0 Å². The molecule has 0 radical (unpaired) electrons. The van der Waals surface area contributed by atoms with Crippen LogP contribution in [-0.2, 0) is 0 Å². The van der Waals surface area contributed by atoms with Gasteiger partial charge in [-0.1, -0.05) is 54.1 Å². The van der Waals surface area contributed by atoms with Crippen LogP contribution in [0.25, 0.3) is 10.4 Å². The van der Waals surface area contributed by atoms with Crippen LogP contribution in [0.3, 0.4) is 0 Å². The Hall–Kier alpha value is -1.60. The van der Waals surface area contributed by atoms with Gasteiger partial charge in [0.05, 0.1) is 0 Å². The van der Waals surface area contributed by atoms with E-state index in [2.05, 4.69) is 67.6 Å². The molecule has 1 aromatic heterocycles. The summed E-state index contributed by atoms with van der Waals surface area (Å²) in [5, 5.41) is 0. The van der Waals surface area contributed by atoms with E-state index in [4.69, 9.17) is 0 Å². The summed E-state index contributed by atoms with van der Waals surface area (Å²) in [5.41, 5.74) is 2.64. The van der Waals surface area contributed by atoms with Gasteiger partial charge in [0.15, 0.2) is 0 Å². The van der Waals surface area contributed by atoms with Gasteiger partial charge in [-0.25, -0.2) is 0 Å². The van der Waals surface area contributed by atoms with Crippen molar-refractivity contribution in [3.63, 3.8) is 0 Å². The minimum atomic E-state index is 0.569. The third kappa shape index (κ3) is 2.32. The molecule has 18 heavy (non-hydrogen) atoms. The molecule has 0 aliphatic heterocycles. The van der Waals surface area contributed by atoms with Gasteiger partial charge in [-0.3, -0.25) is 0 Å². The van der Waals surface area contributed by atoms with Crippen LogP contribution < -0.4 is 0 Å². The maximum atomic E-state index is 2.30. The molecule has 1 heteroatoms. The van der Waals surface area contributed by atoms with E-state index in [1.54, 1.807) is 0 Å². The number of rotatable bonds is 2. The molecule has 90 valence electrons. The molecule has 0 saturated carbocycles. The fraction of sp³-hybridized carbons (Fsp3) is 0.176. The number of hydrogen-bond acceptors (Lipinski definition) is 1. The molecule has 0 amide bonds. The first kappa shape index (κ1) is 11.5. The van der Waals surface area contributed by atoms with Crippen molar-refractivity contribution in [1.29, 1.82) is 0 Å². The van der Waals surface area contributed by atoms with E-state index in [1.807, 2.05) is 11.3 Å². The summed E-state index contributed by atoms with van der Waals surface area (Å²) in [6.07, 6.45) is 9.95. The summed E-state index contributed by atoms with van der Waals surface area (Å²) in [5.74, 6) is 0.569. The summed E-state index contributed by atoms with van der Waals surface area (Å²) in [4.78, 5) is 2.83. The maximum absolute atomic E-state index is 2.30. The molecule has 0 nitrogen and oxygen atoms in total. The molecule has 0 fully saturated rings. The third-order valence-corrected chi connectivity index (χ3v) is 4.58. The van der Waals surface area contributed by atoms with Crippen LogP contribution in [0, 0.1) is 6.92 Å². The molecule has 0 N–H and O–H groups in total. The minimum Gasteiger partial charge on any atom is -0.140 e. The van der Waals surface area contributed by atoms with Crippen molar-refractivity contribution in [3.05, 3.63) is 71.1 Å².